The molecule has 0 saturated heterocycles. The molecule has 0 amide bonds. The van der Waals surface area contributed by atoms with Crippen molar-refractivity contribution in [1.82, 2.24) is 0 Å². The lowest BCUT2D eigenvalue weighted by Gasteiger charge is -2.04. The average Bonchev–Trinajstić information content (AvgIpc) is 2.64. The maximum Gasteiger partial charge on any atom is 0.150 e. The zero-order chi connectivity index (χ0) is 17.0. The molecule has 0 aromatic heterocycles. The summed E-state index contributed by atoms with van der Waals surface area (Å²) in [5.74, 6) is 14.0. The average molecular weight is 322 g/mol. The third-order valence-corrected chi connectivity index (χ3v) is 2.94. The molecular formula is C20H18O4. The molecule has 2 aromatic carbocycles. The molecule has 0 aliphatic carbocycles. The molecule has 0 fully saturated rings. The number of benzene rings is 2. The SMILES string of the molecule is COc1cccc(OCC#CC#CCOc2cccc(OC)c2)c1. The standard InChI is InChI=1S/C20H18O4/c1-21-17-9-7-11-19(15-17)23-13-5-3-4-6-14-24-20-12-8-10-18(16-20)22-2/h7-12,15-16H,13-14H2,1-2H3. The molecule has 0 saturated carbocycles. The number of rotatable bonds is 6. The molecule has 0 heterocycles. The van der Waals surface area contributed by atoms with Crippen molar-refractivity contribution < 1.29 is 18.9 Å². The Morgan fingerprint density at radius 3 is 1.50 bits per heavy atom. The van der Waals surface area contributed by atoms with E-state index in [-0.39, 0.29) is 13.2 Å². The summed E-state index contributed by atoms with van der Waals surface area (Å²) in [6, 6.07) is 14.7. The lowest BCUT2D eigenvalue weighted by atomic mass is 10.3. The maximum absolute atomic E-state index is 5.48. The van der Waals surface area contributed by atoms with Crippen molar-refractivity contribution in [3.63, 3.8) is 0 Å². The van der Waals surface area contributed by atoms with Gasteiger partial charge < -0.3 is 18.9 Å². The van der Waals surface area contributed by atoms with Gasteiger partial charge in [-0.3, -0.25) is 0 Å². The summed E-state index contributed by atoms with van der Waals surface area (Å²) >= 11 is 0. The van der Waals surface area contributed by atoms with Gasteiger partial charge in [0.1, 0.15) is 36.2 Å². The molecule has 4 heteroatoms. The Morgan fingerprint density at radius 2 is 1.08 bits per heavy atom. The molecule has 4 nitrogen and oxygen atoms in total. The van der Waals surface area contributed by atoms with Gasteiger partial charge in [0.05, 0.1) is 14.2 Å². The number of hydrogen-bond donors (Lipinski definition) is 0. The number of ether oxygens (including phenoxy) is 4. The second-order valence-electron chi connectivity index (χ2n) is 4.54. The fourth-order valence-electron chi connectivity index (χ4n) is 1.78. The predicted octanol–water partition coefficient (Wildman–Crippen LogP) is 3.17. The highest BCUT2D eigenvalue weighted by molar-refractivity contribution is 5.34. The minimum Gasteiger partial charge on any atom is -0.497 e. The minimum absolute atomic E-state index is 0.262. The van der Waals surface area contributed by atoms with Crippen LogP contribution in [0, 0.1) is 23.7 Å². The van der Waals surface area contributed by atoms with Crippen LogP contribution >= 0.6 is 0 Å². The van der Waals surface area contributed by atoms with E-state index in [2.05, 4.69) is 23.7 Å². The second-order valence-corrected chi connectivity index (χ2v) is 4.54. The lowest BCUT2D eigenvalue weighted by Crippen LogP contribution is -1.94. The van der Waals surface area contributed by atoms with Gasteiger partial charge in [-0.25, -0.2) is 0 Å². The zero-order valence-corrected chi connectivity index (χ0v) is 13.7. The topological polar surface area (TPSA) is 36.9 Å². The molecule has 0 spiro atoms. The van der Waals surface area contributed by atoms with Gasteiger partial charge in [0.2, 0.25) is 0 Å². The molecule has 0 atom stereocenters. The van der Waals surface area contributed by atoms with Gasteiger partial charge in [-0.15, -0.1) is 0 Å². The summed E-state index contributed by atoms with van der Waals surface area (Å²) in [4.78, 5) is 0. The molecule has 0 N–H and O–H groups in total. The summed E-state index contributed by atoms with van der Waals surface area (Å²) in [7, 11) is 3.23. The van der Waals surface area contributed by atoms with E-state index in [1.54, 1.807) is 26.4 Å². The fraction of sp³-hybridized carbons (Fsp3) is 0.200. The molecule has 2 rings (SSSR count). The Hall–Kier alpha value is -3.24. The third-order valence-electron chi connectivity index (χ3n) is 2.94. The van der Waals surface area contributed by atoms with Gasteiger partial charge in [-0.1, -0.05) is 12.1 Å². The number of hydrogen-bond acceptors (Lipinski definition) is 4. The van der Waals surface area contributed by atoms with Crippen LogP contribution < -0.4 is 18.9 Å². The summed E-state index contributed by atoms with van der Waals surface area (Å²) in [6.07, 6.45) is 0. The third kappa shape index (κ3) is 5.87. The van der Waals surface area contributed by atoms with E-state index in [0.29, 0.717) is 11.5 Å². The predicted molar refractivity (Wildman–Crippen MR) is 92.5 cm³/mol. The van der Waals surface area contributed by atoms with Crippen molar-refractivity contribution in [3.8, 4) is 46.7 Å². The van der Waals surface area contributed by atoms with Crippen LogP contribution in [0.1, 0.15) is 0 Å². The van der Waals surface area contributed by atoms with E-state index in [0.717, 1.165) is 11.5 Å². The van der Waals surface area contributed by atoms with Crippen molar-refractivity contribution in [2.45, 2.75) is 0 Å². The highest BCUT2D eigenvalue weighted by atomic mass is 16.5. The molecule has 0 aliphatic rings. The zero-order valence-electron chi connectivity index (χ0n) is 13.7. The van der Waals surface area contributed by atoms with E-state index in [1.165, 1.54) is 0 Å². The molecule has 0 bridgehead atoms. The van der Waals surface area contributed by atoms with Crippen LogP contribution in [0.2, 0.25) is 0 Å². The maximum atomic E-state index is 5.48. The van der Waals surface area contributed by atoms with Crippen LogP contribution in [0.3, 0.4) is 0 Å². The van der Waals surface area contributed by atoms with Crippen LogP contribution in [0.25, 0.3) is 0 Å². The van der Waals surface area contributed by atoms with Gasteiger partial charge >= 0.3 is 0 Å². The van der Waals surface area contributed by atoms with Crippen LogP contribution in [-0.2, 0) is 0 Å². The minimum atomic E-state index is 0.262. The van der Waals surface area contributed by atoms with E-state index < -0.39 is 0 Å². The van der Waals surface area contributed by atoms with Crippen molar-refractivity contribution >= 4 is 0 Å². The molecular weight excluding hydrogens is 304 g/mol. The molecule has 0 unspecified atom stereocenters. The van der Waals surface area contributed by atoms with Crippen molar-refractivity contribution in [1.29, 1.82) is 0 Å². The van der Waals surface area contributed by atoms with Crippen LogP contribution in [0.5, 0.6) is 23.0 Å². The van der Waals surface area contributed by atoms with Crippen LogP contribution in [0.4, 0.5) is 0 Å². The Balaban J connectivity index is 1.72. The first-order valence-corrected chi connectivity index (χ1v) is 7.31. The van der Waals surface area contributed by atoms with Crippen molar-refractivity contribution in [2.24, 2.45) is 0 Å². The largest absolute Gasteiger partial charge is 0.497 e. The lowest BCUT2D eigenvalue weighted by molar-refractivity contribution is 0.362. The first-order chi connectivity index (χ1) is 11.8. The number of methoxy groups -OCH3 is 2. The Labute approximate surface area is 142 Å². The van der Waals surface area contributed by atoms with Crippen molar-refractivity contribution in [3.05, 3.63) is 48.5 Å². The highest BCUT2D eigenvalue weighted by Crippen LogP contribution is 2.19. The van der Waals surface area contributed by atoms with Gasteiger partial charge in [-0.2, -0.15) is 0 Å². The Bertz CT molecular complexity index is 708. The summed E-state index contributed by atoms with van der Waals surface area (Å²) in [6.45, 7) is 0.525. The smallest absolute Gasteiger partial charge is 0.150 e. The second kappa shape index (κ2) is 9.71. The van der Waals surface area contributed by atoms with E-state index >= 15 is 0 Å². The monoisotopic (exact) mass is 322 g/mol. The summed E-state index contributed by atoms with van der Waals surface area (Å²) in [5.41, 5.74) is 0. The van der Waals surface area contributed by atoms with Crippen LogP contribution in [0.15, 0.2) is 48.5 Å². The van der Waals surface area contributed by atoms with Crippen molar-refractivity contribution in [2.75, 3.05) is 27.4 Å². The van der Waals surface area contributed by atoms with Crippen LogP contribution in [-0.4, -0.2) is 27.4 Å². The van der Waals surface area contributed by atoms with E-state index in [4.69, 9.17) is 18.9 Å². The Kier molecular flexibility index (Phi) is 6.93. The Morgan fingerprint density at radius 1 is 0.667 bits per heavy atom. The first-order valence-electron chi connectivity index (χ1n) is 7.31. The fourth-order valence-corrected chi connectivity index (χ4v) is 1.78. The quantitative estimate of drug-likeness (QED) is 0.766. The van der Waals surface area contributed by atoms with Gasteiger partial charge in [0, 0.05) is 12.1 Å². The van der Waals surface area contributed by atoms with Gasteiger partial charge in [-0.05, 0) is 47.9 Å². The molecule has 0 aliphatic heterocycles. The van der Waals surface area contributed by atoms with E-state index in [1.807, 2.05) is 36.4 Å². The molecule has 2 aromatic rings. The summed E-state index contributed by atoms with van der Waals surface area (Å²) < 4.78 is 21.2. The molecule has 122 valence electrons. The highest BCUT2D eigenvalue weighted by Gasteiger charge is 1.95. The molecule has 0 radical (unpaired) electrons. The van der Waals surface area contributed by atoms with E-state index in [9.17, 15) is 0 Å². The summed E-state index contributed by atoms with van der Waals surface area (Å²) in [5, 5.41) is 0. The van der Waals surface area contributed by atoms with Gasteiger partial charge in [0.15, 0.2) is 0 Å². The van der Waals surface area contributed by atoms with Gasteiger partial charge in [0.25, 0.3) is 0 Å². The normalized spacial score (nSPS) is 8.92. The molecule has 24 heavy (non-hydrogen) atoms. The first kappa shape index (κ1) is 17.1.